The van der Waals surface area contributed by atoms with E-state index in [9.17, 15) is 9.59 Å². The van der Waals surface area contributed by atoms with Crippen molar-refractivity contribution in [2.75, 3.05) is 0 Å². The summed E-state index contributed by atoms with van der Waals surface area (Å²) in [5.41, 5.74) is 4.56. The van der Waals surface area contributed by atoms with E-state index in [4.69, 9.17) is 0 Å². The third-order valence-corrected chi connectivity index (χ3v) is 5.56. The molecule has 0 saturated heterocycles. The molecule has 1 atom stereocenters. The highest BCUT2D eigenvalue weighted by atomic mass is 16.2. The molecule has 0 aliphatic heterocycles. The number of nitrogens with one attached hydrogen (secondary N) is 1. The number of carbonyl (C=O) groups is 1. The standard InChI is InChI=1S/C23H25N3O2/c1-16(18-11-10-17-6-2-3-7-19(17)14-18)25-22(27)12-13-26-15-24-21-9-5-4-8-20(21)23(26)28/h4-5,8-11,14-16H,2-3,6-7,12-13H2,1H3,(H,25,27). The zero-order valence-electron chi connectivity index (χ0n) is 16.1. The average molecular weight is 375 g/mol. The van der Waals surface area contributed by atoms with Crippen LogP contribution < -0.4 is 10.9 Å². The predicted octanol–water partition coefficient (Wildman–Crippen LogP) is 3.54. The van der Waals surface area contributed by atoms with Gasteiger partial charge in [0.25, 0.3) is 5.56 Å². The molecule has 0 saturated carbocycles. The Labute approximate surface area is 164 Å². The molecular weight excluding hydrogens is 350 g/mol. The first-order chi connectivity index (χ1) is 13.6. The van der Waals surface area contributed by atoms with Gasteiger partial charge in [-0.2, -0.15) is 0 Å². The van der Waals surface area contributed by atoms with Crippen molar-refractivity contribution < 1.29 is 4.79 Å². The highest BCUT2D eigenvalue weighted by molar-refractivity contribution is 5.77. The average Bonchev–Trinajstić information content (AvgIpc) is 2.73. The van der Waals surface area contributed by atoms with E-state index in [0.29, 0.717) is 17.4 Å². The van der Waals surface area contributed by atoms with Gasteiger partial charge in [-0.05, 0) is 61.4 Å². The Kier molecular flexibility index (Phi) is 5.24. The van der Waals surface area contributed by atoms with Crippen LogP contribution in [-0.2, 0) is 24.2 Å². The summed E-state index contributed by atoms with van der Waals surface area (Å²) in [4.78, 5) is 29.2. The Morgan fingerprint density at radius 2 is 1.93 bits per heavy atom. The third kappa shape index (κ3) is 3.84. The van der Waals surface area contributed by atoms with Gasteiger partial charge < -0.3 is 5.32 Å². The second-order valence-electron chi connectivity index (χ2n) is 7.53. The molecule has 1 aromatic heterocycles. The van der Waals surface area contributed by atoms with E-state index >= 15 is 0 Å². The van der Waals surface area contributed by atoms with Crippen LogP contribution in [0, 0.1) is 0 Å². The Balaban J connectivity index is 1.39. The molecule has 4 rings (SSSR count). The number of para-hydroxylation sites is 1. The second kappa shape index (κ2) is 7.97. The first-order valence-corrected chi connectivity index (χ1v) is 9.97. The SMILES string of the molecule is CC(NC(=O)CCn1cnc2ccccc2c1=O)c1ccc2c(c1)CCCC2. The van der Waals surface area contributed by atoms with Crippen LogP contribution in [0.5, 0.6) is 0 Å². The van der Waals surface area contributed by atoms with Crippen molar-refractivity contribution in [3.63, 3.8) is 0 Å². The predicted molar refractivity (Wildman–Crippen MR) is 110 cm³/mol. The van der Waals surface area contributed by atoms with Gasteiger partial charge in [0.2, 0.25) is 5.91 Å². The smallest absolute Gasteiger partial charge is 0.261 e. The van der Waals surface area contributed by atoms with Gasteiger partial charge in [-0.15, -0.1) is 0 Å². The molecule has 1 heterocycles. The molecule has 5 nitrogen and oxygen atoms in total. The Hall–Kier alpha value is -2.95. The van der Waals surface area contributed by atoms with Crippen LogP contribution in [0.4, 0.5) is 0 Å². The summed E-state index contributed by atoms with van der Waals surface area (Å²) < 4.78 is 1.51. The molecule has 5 heteroatoms. The molecule has 0 fully saturated rings. The second-order valence-corrected chi connectivity index (χ2v) is 7.53. The number of amides is 1. The zero-order chi connectivity index (χ0) is 19.5. The van der Waals surface area contributed by atoms with E-state index in [1.807, 2.05) is 25.1 Å². The van der Waals surface area contributed by atoms with E-state index < -0.39 is 0 Å². The molecule has 1 aliphatic rings. The van der Waals surface area contributed by atoms with Crippen molar-refractivity contribution in [3.8, 4) is 0 Å². The van der Waals surface area contributed by atoms with Gasteiger partial charge in [-0.25, -0.2) is 4.98 Å². The fourth-order valence-corrected chi connectivity index (χ4v) is 3.91. The fraction of sp³-hybridized carbons (Fsp3) is 0.348. The molecule has 1 N–H and O–H groups in total. The maximum atomic E-state index is 12.5. The molecule has 2 aromatic carbocycles. The van der Waals surface area contributed by atoms with E-state index in [0.717, 1.165) is 18.4 Å². The van der Waals surface area contributed by atoms with Crippen molar-refractivity contribution >= 4 is 16.8 Å². The number of aryl methyl sites for hydroxylation is 3. The van der Waals surface area contributed by atoms with E-state index in [1.54, 1.807) is 6.07 Å². The van der Waals surface area contributed by atoms with Gasteiger partial charge in [0.1, 0.15) is 0 Å². The lowest BCUT2D eigenvalue weighted by Crippen LogP contribution is -2.29. The maximum Gasteiger partial charge on any atom is 0.261 e. The van der Waals surface area contributed by atoms with Crippen LogP contribution in [0.15, 0.2) is 53.6 Å². The van der Waals surface area contributed by atoms with Gasteiger partial charge in [0.15, 0.2) is 0 Å². The lowest BCUT2D eigenvalue weighted by atomic mass is 9.89. The maximum absolute atomic E-state index is 12.5. The summed E-state index contributed by atoms with van der Waals surface area (Å²) in [5.74, 6) is -0.0646. The number of rotatable bonds is 5. The molecule has 1 aliphatic carbocycles. The normalized spacial score (nSPS) is 14.5. The van der Waals surface area contributed by atoms with Gasteiger partial charge in [0.05, 0.1) is 23.3 Å². The van der Waals surface area contributed by atoms with Crippen LogP contribution in [0.25, 0.3) is 10.9 Å². The quantitative estimate of drug-likeness (QED) is 0.742. The number of hydrogen-bond donors (Lipinski definition) is 1. The highest BCUT2D eigenvalue weighted by Gasteiger charge is 2.14. The third-order valence-electron chi connectivity index (χ3n) is 5.56. The minimum Gasteiger partial charge on any atom is -0.350 e. The summed E-state index contributed by atoms with van der Waals surface area (Å²) in [5, 5.41) is 3.63. The fourth-order valence-electron chi connectivity index (χ4n) is 3.91. The first kappa shape index (κ1) is 18.4. The summed E-state index contributed by atoms with van der Waals surface area (Å²) in [6.07, 6.45) is 6.56. The highest BCUT2D eigenvalue weighted by Crippen LogP contribution is 2.24. The molecular formula is C23H25N3O2. The number of aromatic nitrogens is 2. The first-order valence-electron chi connectivity index (χ1n) is 9.97. The lowest BCUT2D eigenvalue weighted by Gasteiger charge is -2.20. The van der Waals surface area contributed by atoms with Crippen LogP contribution >= 0.6 is 0 Å². The zero-order valence-corrected chi connectivity index (χ0v) is 16.1. The number of benzene rings is 2. The van der Waals surface area contributed by atoms with Gasteiger partial charge in [-0.3, -0.25) is 14.2 Å². The molecule has 28 heavy (non-hydrogen) atoms. The summed E-state index contributed by atoms with van der Waals surface area (Å²) in [6.45, 7) is 2.33. The number of hydrogen-bond acceptors (Lipinski definition) is 3. The summed E-state index contributed by atoms with van der Waals surface area (Å²) in [6, 6.07) is 13.8. The Bertz CT molecular complexity index is 1070. The van der Waals surface area contributed by atoms with Crippen LogP contribution in [0.2, 0.25) is 0 Å². The minimum atomic E-state index is -0.110. The van der Waals surface area contributed by atoms with Gasteiger partial charge in [0, 0.05) is 13.0 Å². The molecule has 1 amide bonds. The number of fused-ring (bicyclic) bond motifs is 2. The molecule has 0 radical (unpaired) electrons. The lowest BCUT2D eigenvalue weighted by molar-refractivity contribution is -0.121. The van der Waals surface area contributed by atoms with Crippen molar-refractivity contribution in [2.24, 2.45) is 0 Å². The van der Waals surface area contributed by atoms with Gasteiger partial charge >= 0.3 is 0 Å². The van der Waals surface area contributed by atoms with Crippen LogP contribution in [-0.4, -0.2) is 15.5 Å². The Morgan fingerprint density at radius 3 is 2.79 bits per heavy atom. The molecule has 144 valence electrons. The van der Waals surface area contributed by atoms with Crippen molar-refractivity contribution in [2.45, 2.75) is 51.6 Å². The number of nitrogens with zero attached hydrogens (tertiary/aromatic N) is 2. The Morgan fingerprint density at radius 1 is 1.14 bits per heavy atom. The monoisotopic (exact) mass is 375 g/mol. The molecule has 0 bridgehead atoms. The largest absolute Gasteiger partial charge is 0.350 e. The number of carbonyl (C=O) groups excluding carboxylic acids is 1. The van der Waals surface area contributed by atoms with Crippen LogP contribution in [0.1, 0.15) is 48.9 Å². The summed E-state index contributed by atoms with van der Waals surface area (Å²) >= 11 is 0. The molecule has 3 aromatic rings. The van der Waals surface area contributed by atoms with E-state index in [-0.39, 0.29) is 23.9 Å². The van der Waals surface area contributed by atoms with Crippen molar-refractivity contribution in [1.82, 2.24) is 14.9 Å². The molecule has 1 unspecified atom stereocenters. The van der Waals surface area contributed by atoms with Crippen molar-refractivity contribution in [1.29, 1.82) is 0 Å². The molecule has 0 spiro atoms. The van der Waals surface area contributed by atoms with E-state index in [2.05, 4.69) is 28.5 Å². The topological polar surface area (TPSA) is 64.0 Å². The minimum absolute atomic E-state index is 0.0498. The van der Waals surface area contributed by atoms with Gasteiger partial charge in [-0.1, -0.05) is 30.3 Å². The summed E-state index contributed by atoms with van der Waals surface area (Å²) in [7, 11) is 0. The van der Waals surface area contributed by atoms with E-state index in [1.165, 1.54) is 34.9 Å². The van der Waals surface area contributed by atoms with Crippen LogP contribution in [0.3, 0.4) is 0 Å². The van der Waals surface area contributed by atoms with Crippen molar-refractivity contribution in [3.05, 3.63) is 75.8 Å².